The molecule has 6 nitrogen and oxygen atoms in total. The number of anilines is 2. The Morgan fingerprint density at radius 2 is 1.83 bits per heavy atom. The van der Waals surface area contributed by atoms with Crippen molar-refractivity contribution in [2.24, 2.45) is 5.92 Å². The van der Waals surface area contributed by atoms with Crippen LogP contribution in [0.2, 0.25) is 0 Å². The predicted molar refractivity (Wildman–Crippen MR) is 90.5 cm³/mol. The van der Waals surface area contributed by atoms with Gasteiger partial charge in [-0.05, 0) is 43.0 Å². The summed E-state index contributed by atoms with van der Waals surface area (Å²) in [6.45, 7) is 5.30. The molecule has 6 heteroatoms. The third-order valence-electron chi connectivity index (χ3n) is 3.53. The average molecular weight is 319 g/mol. The molecule has 1 aliphatic rings. The van der Waals surface area contributed by atoms with Gasteiger partial charge in [0, 0.05) is 30.9 Å². The summed E-state index contributed by atoms with van der Waals surface area (Å²) in [6.07, 6.45) is 2.66. The second-order valence-corrected chi connectivity index (χ2v) is 6.19. The molecule has 0 radical (unpaired) electrons. The highest BCUT2D eigenvalue weighted by Crippen LogP contribution is 2.15. The number of hydrogen-bond donors (Lipinski definition) is 3. The number of carbonyl (C=O) groups is 2. The van der Waals surface area contributed by atoms with E-state index >= 15 is 0 Å². The van der Waals surface area contributed by atoms with Gasteiger partial charge < -0.3 is 20.7 Å². The number of carbonyl (C=O) groups excluding carboxylic acids is 2. The van der Waals surface area contributed by atoms with Crippen molar-refractivity contribution in [3.05, 3.63) is 24.3 Å². The minimum Gasteiger partial charge on any atom is -0.376 e. The number of amides is 3. The fourth-order valence-electron chi connectivity index (χ4n) is 2.41. The summed E-state index contributed by atoms with van der Waals surface area (Å²) in [5.41, 5.74) is 1.40. The molecule has 126 valence electrons. The van der Waals surface area contributed by atoms with Gasteiger partial charge in [-0.2, -0.15) is 0 Å². The summed E-state index contributed by atoms with van der Waals surface area (Å²) in [7, 11) is 0. The van der Waals surface area contributed by atoms with Crippen LogP contribution in [0.15, 0.2) is 24.3 Å². The number of hydrogen-bond acceptors (Lipinski definition) is 3. The van der Waals surface area contributed by atoms with Gasteiger partial charge in [-0.3, -0.25) is 4.79 Å². The molecule has 0 spiro atoms. The normalized spacial score (nSPS) is 17.1. The van der Waals surface area contributed by atoms with Gasteiger partial charge in [0.2, 0.25) is 5.91 Å². The van der Waals surface area contributed by atoms with Crippen molar-refractivity contribution in [1.29, 1.82) is 0 Å². The first-order valence-corrected chi connectivity index (χ1v) is 8.09. The third kappa shape index (κ3) is 6.28. The van der Waals surface area contributed by atoms with Gasteiger partial charge in [0.15, 0.2) is 0 Å². The smallest absolute Gasteiger partial charge is 0.319 e. The van der Waals surface area contributed by atoms with Gasteiger partial charge in [0.05, 0.1) is 6.10 Å². The summed E-state index contributed by atoms with van der Waals surface area (Å²) in [4.78, 5) is 23.5. The van der Waals surface area contributed by atoms with E-state index in [0.29, 0.717) is 24.6 Å². The number of urea groups is 1. The first-order chi connectivity index (χ1) is 11.0. The van der Waals surface area contributed by atoms with Crippen molar-refractivity contribution in [2.45, 2.75) is 39.2 Å². The molecule has 1 unspecified atom stereocenters. The number of rotatable bonds is 6. The van der Waals surface area contributed by atoms with Gasteiger partial charge in [-0.25, -0.2) is 4.79 Å². The second kappa shape index (κ2) is 8.53. The number of ether oxygens (including phenoxy) is 1. The van der Waals surface area contributed by atoms with E-state index in [1.165, 1.54) is 0 Å². The Hall–Kier alpha value is -2.08. The molecule has 23 heavy (non-hydrogen) atoms. The molecule has 1 aromatic rings. The Kier molecular flexibility index (Phi) is 6.40. The highest BCUT2D eigenvalue weighted by Gasteiger charge is 2.16. The summed E-state index contributed by atoms with van der Waals surface area (Å²) in [5.74, 6) is 0.318. The Bertz CT molecular complexity index is 522. The maximum atomic E-state index is 11.8. The fourth-order valence-corrected chi connectivity index (χ4v) is 2.41. The first-order valence-electron chi connectivity index (χ1n) is 8.09. The highest BCUT2D eigenvalue weighted by molar-refractivity contribution is 5.92. The SMILES string of the molecule is CC(C)CC(=O)Nc1ccc(NC(=O)NCC2CCCO2)cc1. The lowest BCUT2D eigenvalue weighted by atomic mass is 10.1. The average Bonchev–Trinajstić information content (AvgIpc) is 3.00. The third-order valence-corrected chi connectivity index (χ3v) is 3.53. The van der Waals surface area contributed by atoms with E-state index in [0.717, 1.165) is 25.1 Å². The molecule has 0 aliphatic carbocycles. The van der Waals surface area contributed by atoms with E-state index in [1.54, 1.807) is 24.3 Å². The number of nitrogens with one attached hydrogen (secondary N) is 3. The van der Waals surface area contributed by atoms with Crippen LogP contribution >= 0.6 is 0 Å². The first kappa shape index (κ1) is 17.3. The molecular formula is C17H25N3O3. The predicted octanol–water partition coefficient (Wildman–Crippen LogP) is 2.97. The molecule has 2 rings (SSSR count). The van der Waals surface area contributed by atoms with E-state index in [9.17, 15) is 9.59 Å². The molecular weight excluding hydrogens is 294 g/mol. The van der Waals surface area contributed by atoms with Gasteiger partial charge in [-0.15, -0.1) is 0 Å². The Morgan fingerprint density at radius 3 is 2.39 bits per heavy atom. The second-order valence-electron chi connectivity index (χ2n) is 6.19. The molecule has 3 N–H and O–H groups in total. The van der Waals surface area contributed by atoms with Crippen molar-refractivity contribution >= 4 is 23.3 Å². The maximum absolute atomic E-state index is 11.8. The lowest BCUT2D eigenvalue weighted by Gasteiger charge is -2.12. The van der Waals surface area contributed by atoms with Crippen molar-refractivity contribution in [2.75, 3.05) is 23.8 Å². The van der Waals surface area contributed by atoms with Crippen LogP contribution in [-0.2, 0) is 9.53 Å². The minimum absolute atomic E-state index is 0.00461. The minimum atomic E-state index is -0.253. The van der Waals surface area contributed by atoms with Crippen LogP contribution in [0.1, 0.15) is 33.1 Å². The molecule has 1 saturated heterocycles. The Balaban J connectivity index is 1.75. The summed E-state index contributed by atoms with van der Waals surface area (Å²) < 4.78 is 5.45. The highest BCUT2D eigenvalue weighted by atomic mass is 16.5. The van der Waals surface area contributed by atoms with Crippen LogP contribution in [0.4, 0.5) is 16.2 Å². The number of benzene rings is 1. The zero-order valence-corrected chi connectivity index (χ0v) is 13.7. The molecule has 1 atom stereocenters. The molecule has 0 bridgehead atoms. The standard InChI is InChI=1S/C17H25N3O3/c1-12(2)10-16(21)19-13-5-7-14(8-6-13)20-17(22)18-11-15-4-3-9-23-15/h5-8,12,15H,3-4,9-11H2,1-2H3,(H,19,21)(H2,18,20,22). The Morgan fingerprint density at radius 1 is 1.17 bits per heavy atom. The molecule has 1 aliphatic heterocycles. The largest absolute Gasteiger partial charge is 0.376 e. The van der Waals surface area contributed by atoms with Gasteiger partial charge >= 0.3 is 6.03 Å². The van der Waals surface area contributed by atoms with E-state index in [4.69, 9.17) is 4.74 Å². The zero-order chi connectivity index (χ0) is 16.7. The topological polar surface area (TPSA) is 79.5 Å². The lowest BCUT2D eigenvalue weighted by molar-refractivity contribution is -0.116. The van der Waals surface area contributed by atoms with Crippen LogP contribution in [0.25, 0.3) is 0 Å². The van der Waals surface area contributed by atoms with Crippen LogP contribution in [0.3, 0.4) is 0 Å². The van der Waals surface area contributed by atoms with Crippen molar-refractivity contribution in [3.8, 4) is 0 Å². The van der Waals surface area contributed by atoms with Crippen molar-refractivity contribution < 1.29 is 14.3 Å². The molecule has 1 fully saturated rings. The quantitative estimate of drug-likeness (QED) is 0.754. The summed E-state index contributed by atoms with van der Waals surface area (Å²) in [6, 6.07) is 6.81. The monoisotopic (exact) mass is 319 g/mol. The van der Waals surface area contributed by atoms with Gasteiger partial charge in [0.1, 0.15) is 0 Å². The van der Waals surface area contributed by atoms with Gasteiger partial charge in [-0.1, -0.05) is 13.8 Å². The molecule has 1 heterocycles. The van der Waals surface area contributed by atoms with Gasteiger partial charge in [0.25, 0.3) is 0 Å². The fraction of sp³-hybridized carbons (Fsp3) is 0.529. The van der Waals surface area contributed by atoms with Crippen LogP contribution < -0.4 is 16.0 Å². The lowest BCUT2D eigenvalue weighted by Crippen LogP contribution is -2.35. The molecule has 3 amide bonds. The van der Waals surface area contributed by atoms with Crippen LogP contribution in [-0.4, -0.2) is 31.2 Å². The Labute approximate surface area is 137 Å². The summed E-state index contributed by atoms with van der Waals surface area (Å²) in [5, 5.41) is 8.39. The van der Waals surface area contributed by atoms with Crippen LogP contribution in [0.5, 0.6) is 0 Å². The van der Waals surface area contributed by atoms with E-state index in [2.05, 4.69) is 16.0 Å². The molecule has 0 saturated carbocycles. The molecule has 0 aromatic heterocycles. The van der Waals surface area contributed by atoms with E-state index < -0.39 is 0 Å². The molecule has 1 aromatic carbocycles. The van der Waals surface area contributed by atoms with Crippen molar-refractivity contribution in [3.63, 3.8) is 0 Å². The van der Waals surface area contributed by atoms with Crippen LogP contribution in [0, 0.1) is 5.92 Å². The summed E-state index contributed by atoms with van der Waals surface area (Å²) >= 11 is 0. The van der Waals surface area contributed by atoms with E-state index in [1.807, 2.05) is 13.8 Å². The maximum Gasteiger partial charge on any atom is 0.319 e. The van der Waals surface area contributed by atoms with Crippen molar-refractivity contribution in [1.82, 2.24) is 5.32 Å². The van der Waals surface area contributed by atoms with E-state index in [-0.39, 0.29) is 18.0 Å². The zero-order valence-electron chi connectivity index (χ0n) is 13.7.